The van der Waals surface area contributed by atoms with Gasteiger partial charge in [0.25, 0.3) is 0 Å². The standard InChI is InChI=1S/C10H4Cl17/c1-2-3(11,12)4(13,14)5(15,16)6(17,18)7(19,20)8(21,22)9(23,24)10(25,26)27/h1-2H2. The van der Waals surface area contributed by atoms with Gasteiger partial charge in [-0.15, -0.1) is 0 Å². The molecule has 0 saturated carbocycles. The predicted octanol–water partition coefficient (Wildman–Crippen LogP) is 10.8. The molecule has 0 aliphatic heterocycles. The first-order valence-electron chi connectivity index (χ1n) is 5.82. The smallest absolute Gasteiger partial charge is 0.0982 e. The van der Waals surface area contributed by atoms with Crippen LogP contribution < -0.4 is 0 Å². The van der Waals surface area contributed by atoms with E-state index in [2.05, 4.69) is 6.92 Å². The molecule has 27 heavy (non-hydrogen) atoms. The molecule has 0 aliphatic rings. The van der Waals surface area contributed by atoms with Gasteiger partial charge >= 0.3 is 0 Å². The highest BCUT2D eigenvalue weighted by atomic mass is 35.6. The molecule has 1 radical (unpaired) electrons. The molecule has 0 fully saturated rings. The zero-order chi connectivity index (χ0) is 22.7. The highest BCUT2D eigenvalue weighted by Crippen LogP contribution is 2.72. The first-order chi connectivity index (χ1) is 11.3. The molecule has 0 bridgehead atoms. The molecule has 17 heteroatoms. The Bertz CT molecular complexity index is 538. The molecular weight excluding hydrogens is 723 g/mol. The second-order valence-corrected chi connectivity index (χ2v) is 16.6. The van der Waals surface area contributed by atoms with Crippen LogP contribution in [0, 0.1) is 6.92 Å². The average Bonchev–Trinajstić information content (AvgIpc) is 2.44. The zero-order valence-corrected chi connectivity index (χ0v) is 24.7. The maximum Gasteiger partial charge on any atom is 0.226 e. The van der Waals surface area contributed by atoms with Gasteiger partial charge < -0.3 is 0 Å². The van der Waals surface area contributed by atoms with Crippen LogP contribution in [0.25, 0.3) is 0 Å². The molecule has 0 N–H and O–H groups in total. The summed E-state index contributed by atoms with van der Waals surface area (Å²) in [6.45, 7) is 3.45. The zero-order valence-electron chi connectivity index (χ0n) is 11.8. The van der Waals surface area contributed by atoms with Crippen molar-refractivity contribution in [2.75, 3.05) is 0 Å². The molecule has 0 heterocycles. The minimum atomic E-state index is -2.94. The molecule has 0 amide bonds. The van der Waals surface area contributed by atoms with E-state index < -0.39 is 34.1 Å². The Labute approximate surface area is 241 Å². The van der Waals surface area contributed by atoms with Crippen molar-refractivity contribution in [2.24, 2.45) is 0 Å². The molecule has 0 aromatic rings. The van der Waals surface area contributed by atoms with Gasteiger partial charge in [0.05, 0.1) is 0 Å². The van der Waals surface area contributed by atoms with Gasteiger partial charge in [-0.1, -0.05) is 204 Å². The Balaban J connectivity index is 6.65. The molecule has 0 unspecified atom stereocenters. The van der Waals surface area contributed by atoms with Crippen molar-refractivity contribution in [3.8, 4) is 0 Å². The summed E-state index contributed by atoms with van der Waals surface area (Å²) in [5.41, 5.74) is 0. The number of rotatable bonds is 7. The lowest BCUT2D eigenvalue weighted by molar-refractivity contribution is 0.451. The molecule has 0 rings (SSSR count). The lowest BCUT2D eigenvalue weighted by Gasteiger charge is -2.54. The van der Waals surface area contributed by atoms with Crippen LogP contribution in [0.5, 0.6) is 0 Å². The van der Waals surface area contributed by atoms with E-state index in [4.69, 9.17) is 197 Å². The van der Waals surface area contributed by atoms with Gasteiger partial charge in [-0.3, -0.25) is 0 Å². The van der Waals surface area contributed by atoms with Crippen LogP contribution in [0.1, 0.15) is 6.42 Å². The molecule has 0 aliphatic carbocycles. The van der Waals surface area contributed by atoms with Crippen molar-refractivity contribution in [3.05, 3.63) is 6.92 Å². The molecule has 163 valence electrons. The van der Waals surface area contributed by atoms with Gasteiger partial charge in [-0.25, -0.2) is 0 Å². The summed E-state index contributed by atoms with van der Waals surface area (Å²) in [6, 6.07) is 0. The SMILES string of the molecule is [CH2]CC(Cl)(Cl)C(Cl)(Cl)C(Cl)(Cl)C(Cl)(Cl)C(Cl)(Cl)C(Cl)(Cl)C(Cl)(Cl)C(Cl)(Cl)Cl. The molecule has 0 saturated heterocycles. The van der Waals surface area contributed by atoms with E-state index in [1.165, 1.54) is 0 Å². The van der Waals surface area contributed by atoms with Gasteiger partial charge in [0.1, 0.15) is 0 Å². The predicted molar refractivity (Wildman–Crippen MR) is 131 cm³/mol. The largest absolute Gasteiger partial charge is 0.226 e. The topological polar surface area (TPSA) is 0 Å². The highest BCUT2D eigenvalue weighted by Gasteiger charge is 2.80. The number of hydrogen-bond donors (Lipinski definition) is 0. The first kappa shape index (κ1) is 31.9. The first-order valence-corrected chi connectivity index (χ1v) is 12.2. The van der Waals surface area contributed by atoms with E-state index in [1.54, 1.807) is 0 Å². The number of hydrogen-bond acceptors (Lipinski definition) is 0. The van der Waals surface area contributed by atoms with Crippen molar-refractivity contribution in [1.29, 1.82) is 0 Å². The molecule has 0 nitrogen and oxygen atoms in total. The maximum atomic E-state index is 6.22. The Morgan fingerprint density at radius 2 is 0.593 bits per heavy atom. The molecule has 0 spiro atoms. The number of halogens is 17. The van der Waals surface area contributed by atoms with Gasteiger partial charge in [-0.05, 0) is 6.42 Å². The Hall–Kier alpha value is 4.93. The third-order valence-electron chi connectivity index (χ3n) is 3.10. The van der Waals surface area contributed by atoms with Gasteiger partial charge in [0.2, 0.25) is 8.13 Å². The van der Waals surface area contributed by atoms with Crippen LogP contribution in [0.15, 0.2) is 0 Å². The van der Waals surface area contributed by atoms with E-state index >= 15 is 0 Å². The fraction of sp³-hybridized carbons (Fsp3) is 0.900. The molecule has 0 aromatic carbocycles. The van der Waals surface area contributed by atoms with Crippen LogP contribution in [-0.4, -0.2) is 34.1 Å². The second-order valence-electron chi connectivity index (χ2n) is 4.90. The average molecular weight is 727 g/mol. The van der Waals surface area contributed by atoms with E-state index in [0.29, 0.717) is 0 Å². The van der Waals surface area contributed by atoms with Crippen LogP contribution in [0.3, 0.4) is 0 Å². The Kier molecular flexibility index (Phi) is 11.3. The lowest BCUT2D eigenvalue weighted by atomic mass is 10.0. The monoisotopic (exact) mass is 719 g/mol. The minimum absolute atomic E-state index is 0.332. The fourth-order valence-electron chi connectivity index (χ4n) is 1.35. The van der Waals surface area contributed by atoms with Crippen molar-refractivity contribution in [1.82, 2.24) is 0 Å². The third kappa shape index (κ3) is 5.15. The fourth-order valence-corrected chi connectivity index (χ4v) is 6.38. The van der Waals surface area contributed by atoms with Gasteiger partial charge in [-0.2, -0.15) is 0 Å². The van der Waals surface area contributed by atoms with Crippen LogP contribution in [0.4, 0.5) is 0 Å². The molecular formula is C10H4Cl17. The molecule has 0 atom stereocenters. The van der Waals surface area contributed by atoms with Crippen molar-refractivity contribution < 1.29 is 0 Å². The van der Waals surface area contributed by atoms with Crippen molar-refractivity contribution in [2.45, 2.75) is 40.5 Å². The summed E-state index contributed by atoms with van der Waals surface area (Å²) in [6.07, 6.45) is -0.332. The van der Waals surface area contributed by atoms with Crippen molar-refractivity contribution >= 4 is 197 Å². The summed E-state index contributed by atoms with van der Waals surface area (Å²) in [4.78, 5) is 0. The van der Waals surface area contributed by atoms with E-state index in [0.717, 1.165) is 0 Å². The van der Waals surface area contributed by atoms with Gasteiger partial charge in [0.15, 0.2) is 26.0 Å². The van der Waals surface area contributed by atoms with E-state index in [9.17, 15) is 0 Å². The van der Waals surface area contributed by atoms with Crippen LogP contribution in [-0.2, 0) is 0 Å². The van der Waals surface area contributed by atoms with Crippen molar-refractivity contribution in [3.63, 3.8) is 0 Å². The minimum Gasteiger partial charge on any atom is -0.0982 e. The maximum absolute atomic E-state index is 6.22. The molecule has 0 aromatic heterocycles. The summed E-state index contributed by atoms with van der Waals surface area (Å²) < 4.78 is -21.6. The number of alkyl halides is 17. The quantitative estimate of drug-likeness (QED) is 0.229. The Morgan fingerprint density at radius 3 is 0.815 bits per heavy atom. The summed E-state index contributed by atoms with van der Waals surface area (Å²) in [7, 11) is 0. The lowest BCUT2D eigenvalue weighted by Crippen LogP contribution is -2.70. The summed E-state index contributed by atoms with van der Waals surface area (Å²) in [5, 5.41) is 0. The highest BCUT2D eigenvalue weighted by molar-refractivity contribution is 6.83. The van der Waals surface area contributed by atoms with Gasteiger partial charge in [0, 0.05) is 0 Å². The third-order valence-corrected chi connectivity index (χ3v) is 14.7. The van der Waals surface area contributed by atoms with Crippen LogP contribution in [0.2, 0.25) is 0 Å². The second kappa shape index (κ2) is 9.53. The summed E-state index contributed by atoms with van der Waals surface area (Å²) >= 11 is 103. The van der Waals surface area contributed by atoms with Crippen LogP contribution >= 0.6 is 197 Å². The van der Waals surface area contributed by atoms with E-state index in [1.807, 2.05) is 0 Å². The summed E-state index contributed by atoms with van der Waals surface area (Å²) in [5.74, 6) is 0. The normalized spacial score (nSPS) is 16.7. The van der Waals surface area contributed by atoms with E-state index in [-0.39, 0.29) is 6.42 Å². The Morgan fingerprint density at radius 1 is 0.370 bits per heavy atom.